The zero-order valence-electron chi connectivity index (χ0n) is 10.3. The lowest BCUT2D eigenvalue weighted by Crippen LogP contribution is -2.31. The second-order valence-corrected chi connectivity index (χ2v) is 5.57. The standard InChI is InChI=1S/C13H16N2OS2/c1-18-8-7-11-12(16)15(13(17)14-11)9-10-5-3-2-4-6-10/h2-6,11H,7-9H2,1H3,(H,14,17)/t11-/m1/s1. The van der Waals surface area contributed by atoms with Crippen molar-refractivity contribution in [3.63, 3.8) is 0 Å². The van der Waals surface area contributed by atoms with Crippen LogP contribution >= 0.6 is 24.0 Å². The van der Waals surface area contributed by atoms with Gasteiger partial charge in [0.1, 0.15) is 6.04 Å². The number of amides is 1. The van der Waals surface area contributed by atoms with Crippen LogP contribution < -0.4 is 5.32 Å². The molecule has 1 aromatic carbocycles. The summed E-state index contributed by atoms with van der Waals surface area (Å²) in [6.07, 6.45) is 2.87. The molecule has 5 heteroatoms. The second-order valence-electron chi connectivity index (χ2n) is 4.19. The minimum absolute atomic E-state index is 0.0953. The Hall–Kier alpha value is -1.07. The van der Waals surface area contributed by atoms with Crippen molar-refractivity contribution in [2.24, 2.45) is 0 Å². The van der Waals surface area contributed by atoms with Crippen molar-refractivity contribution in [3.05, 3.63) is 35.9 Å². The van der Waals surface area contributed by atoms with E-state index in [2.05, 4.69) is 5.32 Å². The molecule has 1 amide bonds. The summed E-state index contributed by atoms with van der Waals surface area (Å²) in [7, 11) is 0. The van der Waals surface area contributed by atoms with E-state index in [0.29, 0.717) is 11.7 Å². The molecule has 0 radical (unpaired) electrons. The monoisotopic (exact) mass is 280 g/mol. The third kappa shape index (κ3) is 3.03. The fourth-order valence-electron chi connectivity index (χ4n) is 1.92. The van der Waals surface area contributed by atoms with Gasteiger partial charge in [0.2, 0.25) is 0 Å². The first-order valence-corrected chi connectivity index (χ1v) is 7.67. The molecule has 0 spiro atoms. The molecule has 0 unspecified atom stereocenters. The maximum absolute atomic E-state index is 12.2. The van der Waals surface area contributed by atoms with E-state index in [0.717, 1.165) is 17.7 Å². The van der Waals surface area contributed by atoms with E-state index in [1.54, 1.807) is 16.7 Å². The lowest BCUT2D eigenvalue weighted by Gasteiger charge is -2.14. The summed E-state index contributed by atoms with van der Waals surface area (Å²) in [6.45, 7) is 0.557. The Bertz CT molecular complexity index is 436. The zero-order chi connectivity index (χ0) is 13.0. The van der Waals surface area contributed by atoms with Crippen LogP contribution in [-0.2, 0) is 11.3 Å². The maximum Gasteiger partial charge on any atom is 0.251 e. The predicted octanol–water partition coefficient (Wildman–Crippen LogP) is 2.02. The normalized spacial score (nSPS) is 19.2. The zero-order valence-corrected chi connectivity index (χ0v) is 11.9. The molecule has 1 fully saturated rings. The first kappa shape index (κ1) is 13.4. The summed E-state index contributed by atoms with van der Waals surface area (Å²) in [6, 6.07) is 9.77. The van der Waals surface area contributed by atoms with E-state index in [9.17, 15) is 4.79 Å². The van der Waals surface area contributed by atoms with Crippen molar-refractivity contribution in [1.29, 1.82) is 0 Å². The van der Waals surface area contributed by atoms with E-state index < -0.39 is 0 Å². The highest BCUT2D eigenvalue weighted by Crippen LogP contribution is 2.15. The van der Waals surface area contributed by atoms with Crippen LogP contribution in [-0.4, -0.2) is 34.0 Å². The molecular formula is C13H16N2OS2. The molecule has 96 valence electrons. The quantitative estimate of drug-likeness (QED) is 0.837. The largest absolute Gasteiger partial charge is 0.350 e. The van der Waals surface area contributed by atoms with Crippen LogP contribution in [0.5, 0.6) is 0 Å². The number of thioether (sulfide) groups is 1. The summed E-state index contributed by atoms with van der Waals surface area (Å²) in [5.74, 6) is 1.06. The van der Waals surface area contributed by atoms with Gasteiger partial charge in [-0.2, -0.15) is 11.8 Å². The van der Waals surface area contributed by atoms with E-state index in [1.807, 2.05) is 36.6 Å². The van der Waals surface area contributed by atoms with Gasteiger partial charge in [-0.25, -0.2) is 0 Å². The summed E-state index contributed by atoms with van der Waals surface area (Å²) in [5.41, 5.74) is 1.10. The molecule has 1 heterocycles. The van der Waals surface area contributed by atoms with Gasteiger partial charge in [0.05, 0.1) is 6.54 Å². The molecule has 1 atom stereocenters. The van der Waals surface area contributed by atoms with Crippen LogP contribution in [0.4, 0.5) is 0 Å². The number of thiocarbonyl (C=S) groups is 1. The van der Waals surface area contributed by atoms with Crippen LogP contribution in [0.3, 0.4) is 0 Å². The lowest BCUT2D eigenvalue weighted by atomic mass is 10.2. The molecule has 0 aliphatic carbocycles. The van der Waals surface area contributed by atoms with Crippen LogP contribution in [0, 0.1) is 0 Å². The first-order chi connectivity index (χ1) is 8.72. The molecule has 1 saturated heterocycles. The van der Waals surface area contributed by atoms with Crippen LogP contribution in [0.15, 0.2) is 30.3 Å². The van der Waals surface area contributed by atoms with Gasteiger partial charge in [-0.05, 0) is 36.2 Å². The molecule has 2 rings (SSSR count). The van der Waals surface area contributed by atoms with Crippen molar-refractivity contribution < 1.29 is 4.79 Å². The number of nitrogens with zero attached hydrogens (tertiary/aromatic N) is 1. The highest BCUT2D eigenvalue weighted by atomic mass is 32.2. The number of carbonyl (C=O) groups excluding carboxylic acids is 1. The SMILES string of the molecule is CSCC[C@H]1NC(=S)N(Cc2ccccc2)C1=O. The van der Waals surface area contributed by atoms with Gasteiger partial charge in [0, 0.05) is 0 Å². The molecule has 1 aliphatic heterocycles. The highest BCUT2D eigenvalue weighted by Gasteiger charge is 2.34. The Morgan fingerprint density at radius 3 is 2.78 bits per heavy atom. The van der Waals surface area contributed by atoms with Crippen molar-refractivity contribution in [3.8, 4) is 0 Å². The van der Waals surface area contributed by atoms with Gasteiger partial charge in [-0.1, -0.05) is 30.3 Å². The predicted molar refractivity (Wildman–Crippen MR) is 79.5 cm³/mol. The number of carbonyl (C=O) groups is 1. The summed E-state index contributed by atoms with van der Waals surface area (Å²) >= 11 is 6.97. The van der Waals surface area contributed by atoms with Gasteiger partial charge < -0.3 is 5.32 Å². The van der Waals surface area contributed by atoms with Crippen molar-refractivity contribution in [1.82, 2.24) is 10.2 Å². The Morgan fingerprint density at radius 2 is 2.11 bits per heavy atom. The molecule has 1 aliphatic rings. The Labute approximate surface area is 117 Å². The number of hydrogen-bond donors (Lipinski definition) is 1. The minimum atomic E-state index is -0.145. The number of rotatable bonds is 5. The van der Waals surface area contributed by atoms with Gasteiger partial charge >= 0.3 is 0 Å². The molecule has 0 saturated carbocycles. The van der Waals surface area contributed by atoms with Gasteiger partial charge in [0.15, 0.2) is 5.11 Å². The summed E-state index contributed by atoms with van der Waals surface area (Å²) < 4.78 is 0. The van der Waals surface area contributed by atoms with Gasteiger partial charge in [0.25, 0.3) is 5.91 Å². The summed E-state index contributed by atoms with van der Waals surface area (Å²) in [5, 5.41) is 3.65. The van der Waals surface area contributed by atoms with E-state index in [4.69, 9.17) is 12.2 Å². The Morgan fingerprint density at radius 1 is 1.39 bits per heavy atom. The van der Waals surface area contributed by atoms with E-state index in [1.165, 1.54) is 0 Å². The molecule has 0 bridgehead atoms. The fourth-order valence-corrected chi connectivity index (χ4v) is 2.69. The van der Waals surface area contributed by atoms with Crippen LogP contribution in [0.25, 0.3) is 0 Å². The molecule has 1 aromatic rings. The van der Waals surface area contributed by atoms with Gasteiger partial charge in [-0.3, -0.25) is 9.69 Å². The molecular weight excluding hydrogens is 264 g/mol. The average molecular weight is 280 g/mol. The maximum atomic E-state index is 12.2. The number of benzene rings is 1. The van der Waals surface area contributed by atoms with E-state index in [-0.39, 0.29) is 11.9 Å². The number of hydrogen-bond acceptors (Lipinski definition) is 3. The molecule has 18 heavy (non-hydrogen) atoms. The third-order valence-corrected chi connectivity index (χ3v) is 3.88. The molecule has 3 nitrogen and oxygen atoms in total. The minimum Gasteiger partial charge on any atom is -0.350 e. The Kier molecular flexibility index (Phi) is 4.60. The second kappa shape index (κ2) is 6.20. The Balaban J connectivity index is 2.01. The van der Waals surface area contributed by atoms with Crippen LogP contribution in [0.2, 0.25) is 0 Å². The fraction of sp³-hybridized carbons (Fsp3) is 0.385. The van der Waals surface area contributed by atoms with Crippen LogP contribution in [0.1, 0.15) is 12.0 Å². The summed E-state index contributed by atoms with van der Waals surface area (Å²) in [4.78, 5) is 13.9. The smallest absolute Gasteiger partial charge is 0.251 e. The van der Waals surface area contributed by atoms with Crippen molar-refractivity contribution in [2.75, 3.05) is 12.0 Å². The topological polar surface area (TPSA) is 32.3 Å². The molecule has 0 aromatic heterocycles. The van der Waals surface area contributed by atoms with E-state index >= 15 is 0 Å². The first-order valence-electron chi connectivity index (χ1n) is 5.87. The van der Waals surface area contributed by atoms with Gasteiger partial charge in [-0.15, -0.1) is 0 Å². The number of nitrogens with one attached hydrogen (secondary N) is 1. The van der Waals surface area contributed by atoms with Crippen molar-refractivity contribution in [2.45, 2.75) is 19.0 Å². The highest BCUT2D eigenvalue weighted by molar-refractivity contribution is 7.98. The average Bonchev–Trinajstić information content (AvgIpc) is 2.65. The lowest BCUT2D eigenvalue weighted by molar-refractivity contribution is -0.127. The molecule has 1 N–H and O–H groups in total. The van der Waals surface area contributed by atoms with Crippen molar-refractivity contribution >= 4 is 35.0 Å². The third-order valence-electron chi connectivity index (χ3n) is 2.90.